The van der Waals surface area contributed by atoms with Crippen LogP contribution in [0.4, 0.5) is 11.4 Å². The largest absolute Gasteiger partial charge is 0.422 e. The summed E-state index contributed by atoms with van der Waals surface area (Å²) < 4.78 is 5.36. The van der Waals surface area contributed by atoms with Crippen LogP contribution in [0.3, 0.4) is 0 Å². The van der Waals surface area contributed by atoms with Crippen LogP contribution in [-0.2, 0) is 0 Å². The van der Waals surface area contributed by atoms with E-state index in [1.807, 2.05) is 12.1 Å². The molecule has 0 aliphatic rings. The fraction of sp³-hybridized carbons (Fsp3) is 0. The molecular weight excluding hydrogens is 408 g/mol. The lowest BCUT2D eigenvalue weighted by molar-refractivity contribution is -0.384. The van der Waals surface area contributed by atoms with E-state index in [2.05, 4.69) is 5.32 Å². The number of nitrogens with one attached hydrogen (secondary N) is 1. The highest BCUT2D eigenvalue weighted by atomic mass is 35.5. The Morgan fingerprint density at radius 1 is 1.00 bits per heavy atom. The number of anilines is 1. The number of benzene rings is 3. The molecular formula is C22H13ClN2O5. The van der Waals surface area contributed by atoms with Crippen LogP contribution in [0.15, 0.2) is 82.0 Å². The van der Waals surface area contributed by atoms with Crippen LogP contribution in [-0.4, -0.2) is 10.8 Å². The molecule has 0 radical (unpaired) electrons. The van der Waals surface area contributed by atoms with E-state index in [0.717, 1.165) is 5.39 Å². The zero-order valence-corrected chi connectivity index (χ0v) is 16.1. The average molecular weight is 421 g/mol. The predicted molar refractivity (Wildman–Crippen MR) is 114 cm³/mol. The zero-order chi connectivity index (χ0) is 21.3. The number of amides is 1. The molecule has 0 aliphatic heterocycles. The van der Waals surface area contributed by atoms with Gasteiger partial charge < -0.3 is 9.73 Å². The van der Waals surface area contributed by atoms with E-state index in [4.69, 9.17) is 16.0 Å². The van der Waals surface area contributed by atoms with Gasteiger partial charge in [-0.3, -0.25) is 14.9 Å². The Bertz CT molecular complexity index is 1360. The summed E-state index contributed by atoms with van der Waals surface area (Å²) in [5, 5.41) is 14.4. The van der Waals surface area contributed by atoms with Crippen molar-refractivity contribution in [1.29, 1.82) is 0 Å². The number of para-hydroxylation sites is 1. The highest BCUT2D eigenvalue weighted by Crippen LogP contribution is 2.28. The number of hydrogen-bond acceptors (Lipinski definition) is 5. The Morgan fingerprint density at radius 3 is 2.60 bits per heavy atom. The Hall–Kier alpha value is -3.97. The molecule has 0 saturated heterocycles. The van der Waals surface area contributed by atoms with E-state index in [1.165, 1.54) is 18.2 Å². The molecule has 0 fully saturated rings. The monoisotopic (exact) mass is 420 g/mol. The second-order valence-corrected chi connectivity index (χ2v) is 6.85. The van der Waals surface area contributed by atoms with Gasteiger partial charge in [0.2, 0.25) is 0 Å². The average Bonchev–Trinajstić information content (AvgIpc) is 2.74. The van der Waals surface area contributed by atoms with Gasteiger partial charge in [-0.15, -0.1) is 0 Å². The van der Waals surface area contributed by atoms with E-state index in [-0.39, 0.29) is 22.0 Å². The first-order valence-electron chi connectivity index (χ1n) is 8.81. The molecule has 0 bridgehead atoms. The zero-order valence-electron chi connectivity index (χ0n) is 15.3. The highest BCUT2D eigenvalue weighted by molar-refractivity contribution is 6.34. The van der Waals surface area contributed by atoms with Gasteiger partial charge in [-0.2, -0.15) is 0 Å². The number of nitrogens with zero attached hydrogens (tertiary/aromatic N) is 1. The van der Waals surface area contributed by atoms with E-state index < -0.39 is 16.5 Å². The van der Waals surface area contributed by atoms with Gasteiger partial charge in [-0.1, -0.05) is 41.9 Å². The van der Waals surface area contributed by atoms with Crippen molar-refractivity contribution in [3.63, 3.8) is 0 Å². The van der Waals surface area contributed by atoms with Gasteiger partial charge in [-0.05, 0) is 35.9 Å². The van der Waals surface area contributed by atoms with Crippen molar-refractivity contribution in [2.45, 2.75) is 0 Å². The van der Waals surface area contributed by atoms with Gasteiger partial charge in [0.1, 0.15) is 5.58 Å². The van der Waals surface area contributed by atoms with Crippen LogP contribution in [0.1, 0.15) is 10.4 Å². The van der Waals surface area contributed by atoms with Crippen molar-refractivity contribution in [2.75, 3.05) is 5.32 Å². The number of halogens is 1. The normalized spacial score (nSPS) is 10.7. The number of carbonyl (C=O) groups is 1. The number of rotatable bonds is 4. The van der Waals surface area contributed by atoms with Gasteiger partial charge in [-0.25, -0.2) is 4.79 Å². The summed E-state index contributed by atoms with van der Waals surface area (Å²) in [5.74, 6) is -0.524. The quantitative estimate of drug-likeness (QED) is 0.275. The van der Waals surface area contributed by atoms with Crippen molar-refractivity contribution < 1.29 is 14.1 Å². The number of nitro benzene ring substituents is 1. The van der Waals surface area contributed by atoms with Gasteiger partial charge in [0, 0.05) is 23.1 Å². The minimum Gasteiger partial charge on any atom is -0.422 e. The van der Waals surface area contributed by atoms with Gasteiger partial charge in [0.15, 0.2) is 0 Å². The number of carbonyl (C=O) groups excluding carboxylic acids is 1. The topological polar surface area (TPSA) is 102 Å². The molecule has 1 aromatic heterocycles. The van der Waals surface area contributed by atoms with Crippen LogP contribution in [0.2, 0.25) is 5.02 Å². The maximum atomic E-state index is 12.7. The van der Waals surface area contributed by atoms with Crippen LogP contribution in [0, 0.1) is 10.1 Å². The van der Waals surface area contributed by atoms with Crippen molar-refractivity contribution >= 4 is 39.9 Å². The molecule has 4 aromatic rings. The van der Waals surface area contributed by atoms with Crippen LogP contribution in [0.25, 0.3) is 22.1 Å². The number of nitro groups is 1. The molecule has 0 saturated carbocycles. The summed E-state index contributed by atoms with van der Waals surface area (Å²) in [6, 6.07) is 19.0. The smallest absolute Gasteiger partial charge is 0.344 e. The lowest BCUT2D eigenvalue weighted by Crippen LogP contribution is -2.13. The van der Waals surface area contributed by atoms with E-state index >= 15 is 0 Å². The van der Waals surface area contributed by atoms with Gasteiger partial charge >= 0.3 is 5.63 Å². The van der Waals surface area contributed by atoms with Gasteiger partial charge in [0.25, 0.3) is 11.6 Å². The van der Waals surface area contributed by atoms with Gasteiger partial charge in [0.05, 0.1) is 21.2 Å². The van der Waals surface area contributed by atoms with Crippen molar-refractivity contribution in [3.05, 3.63) is 104 Å². The molecule has 0 unspecified atom stereocenters. The lowest BCUT2D eigenvalue weighted by Gasteiger charge is -2.09. The molecule has 0 aliphatic carbocycles. The first-order valence-corrected chi connectivity index (χ1v) is 9.19. The third-order valence-electron chi connectivity index (χ3n) is 4.49. The SMILES string of the molecule is O=C(Nc1cc([N+](=O)[O-])ccc1Cl)c1cccc(-c2cc3ccccc3oc2=O)c1. The molecule has 4 rings (SSSR count). The number of hydrogen-bond donors (Lipinski definition) is 1. The summed E-state index contributed by atoms with van der Waals surface area (Å²) in [6.45, 7) is 0. The molecule has 0 atom stereocenters. The maximum Gasteiger partial charge on any atom is 0.344 e. The molecule has 8 heteroatoms. The summed E-state index contributed by atoms with van der Waals surface area (Å²) in [5.41, 5.74) is 0.948. The molecule has 3 aromatic carbocycles. The standard InChI is InChI=1S/C22H13ClN2O5/c23-18-9-8-16(25(28)29)12-19(18)24-21(26)15-6-3-5-13(10-15)17-11-14-4-1-2-7-20(14)30-22(17)27/h1-12H,(H,24,26). The van der Waals surface area contributed by atoms with Crippen molar-refractivity contribution in [2.24, 2.45) is 0 Å². The number of non-ortho nitro benzene ring substituents is 1. The Labute approximate surface area is 174 Å². The summed E-state index contributed by atoms with van der Waals surface area (Å²) in [7, 11) is 0. The molecule has 148 valence electrons. The Kier molecular flexibility index (Phi) is 5.04. The fourth-order valence-electron chi connectivity index (χ4n) is 3.01. The van der Waals surface area contributed by atoms with E-state index in [9.17, 15) is 19.7 Å². The minimum absolute atomic E-state index is 0.117. The first-order chi connectivity index (χ1) is 14.4. The third kappa shape index (κ3) is 3.78. The maximum absolute atomic E-state index is 12.7. The highest BCUT2D eigenvalue weighted by Gasteiger charge is 2.15. The Morgan fingerprint density at radius 2 is 1.80 bits per heavy atom. The predicted octanol–water partition coefficient (Wildman–Crippen LogP) is 5.27. The van der Waals surface area contributed by atoms with Crippen LogP contribution >= 0.6 is 11.6 Å². The molecule has 1 N–H and O–H groups in total. The molecule has 1 amide bonds. The minimum atomic E-state index is -0.578. The summed E-state index contributed by atoms with van der Waals surface area (Å²) in [4.78, 5) is 35.5. The molecule has 30 heavy (non-hydrogen) atoms. The van der Waals surface area contributed by atoms with Crippen molar-refractivity contribution in [3.8, 4) is 11.1 Å². The van der Waals surface area contributed by atoms with E-state index in [0.29, 0.717) is 16.7 Å². The first kappa shape index (κ1) is 19.4. The van der Waals surface area contributed by atoms with Crippen molar-refractivity contribution in [1.82, 2.24) is 0 Å². The Balaban J connectivity index is 1.68. The third-order valence-corrected chi connectivity index (χ3v) is 4.82. The number of fused-ring (bicyclic) bond motifs is 1. The van der Waals surface area contributed by atoms with Crippen LogP contribution in [0.5, 0.6) is 0 Å². The second kappa shape index (κ2) is 7.81. The van der Waals surface area contributed by atoms with Crippen LogP contribution < -0.4 is 10.9 Å². The molecule has 0 spiro atoms. The molecule has 7 nitrogen and oxygen atoms in total. The second-order valence-electron chi connectivity index (χ2n) is 6.44. The summed E-state index contributed by atoms with van der Waals surface area (Å²) in [6.07, 6.45) is 0. The van der Waals surface area contributed by atoms with E-state index in [1.54, 1.807) is 42.5 Å². The summed E-state index contributed by atoms with van der Waals surface area (Å²) >= 11 is 6.04. The lowest BCUT2D eigenvalue weighted by atomic mass is 10.0. The molecule has 1 heterocycles. The fourth-order valence-corrected chi connectivity index (χ4v) is 3.17.